The number of nitrogens with zero attached hydrogens (tertiary/aromatic N) is 1. The summed E-state index contributed by atoms with van der Waals surface area (Å²) in [6.45, 7) is 9.94. The molecule has 2 unspecified atom stereocenters. The number of unbranched alkanes of at least 4 members (excludes halogenated alkanes) is 1. The van der Waals surface area contributed by atoms with E-state index in [4.69, 9.17) is 17.0 Å². The van der Waals surface area contributed by atoms with Crippen LogP contribution in [0.4, 0.5) is 0 Å². The quantitative estimate of drug-likeness (QED) is 0.396. The van der Waals surface area contributed by atoms with Crippen molar-refractivity contribution in [3.05, 3.63) is 53.8 Å². The number of hydrogen-bond donors (Lipinski definition) is 1. The van der Waals surface area contributed by atoms with Gasteiger partial charge in [0.2, 0.25) is 0 Å². The van der Waals surface area contributed by atoms with Crippen molar-refractivity contribution in [1.82, 2.24) is 5.32 Å². The summed E-state index contributed by atoms with van der Waals surface area (Å²) in [5.41, 5.74) is 1.12. The van der Waals surface area contributed by atoms with Gasteiger partial charge in [0, 0.05) is 17.2 Å². The lowest BCUT2D eigenvalue weighted by molar-refractivity contribution is -0.114. The minimum Gasteiger partial charge on any atom is -0.494 e. The van der Waals surface area contributed by atoms with E-state index in [1.165, 1.54) is 6.92 Å². The smallest absolute Gasteiger partial charge is 0.158 e. The molecule has 0 radical (unpaired) electrons. The van der Waals surface area contributed by atoms with Crippen molar-refractivity contribution in [2.75, 3.05) is 6.61 Å². The molecule has 2 rings (SSSR count). The first-order valence-electron chi connectivity index (χ1n) is 9.19. The van der Waals surface area contributed by atoms with Gasteiger partial charge in [-0.25, -0.2) is 0 Å². The molecule has 0 amide bonds. The van der Waals surface area contributed by atoms with Gasteiger partial charge in [0.05, 0.1) is 12.7 Å². The number of ether oxygens (including phenoxy) is 1. The number of carbonyl (C=O) groups excluding carboxylic acids is 1. The van der Waals surface area contributed by atoms with Crippen LogP contribution in [0, 0.1) is 16.7 Å². The summed E-state index contributed by atoms with van der Waals surface area (Å²) in [5, 5.41) is 13.2. The summed E-state index contributed by atoms with van der Waals surface area (Å²) in [6.07, 6.45) is 4.12. The molecule has 0 aromatic heterocycles. The van der Waals surface area contributed by atoms with Crippen LogP contribution in [0.3, 0.4) is 0 Å². The van der Waals surface area contributed by atoms with Gasteiger partial charge in [0.1, 0.15) is 16.2 Å². The number of thiocarbonyl (C=S) groups is 1. The molecule has 1 aromatic carbocycles. The minimum absolute atomic E-state index is 0.0699. The lowest BCUT2D eigenvalue weighted by atomic mass is 9.64. The van der Waals surface area contributed by atoms with E-state index in [0.29, 0.717) is 29.3 Å². The Balaban J connectivity index is 2.53. The van der Waals surface area contributed by atoms with Crippen molar-refractivity contribution in [3.63, 3.8) is 0 Å². The normalized spacial score (nSPS) is 22.0. The second kappa shape index (κ2) is 8.96. The maximum atomic E-state index is 12.4. The Morgan fingerprint density at radius 3 is 2.63 bits per heavy atom. The molecule has 1 aliphatic rings. The van der Waals surface area contributed by atoms with E-state index in [9.17, 15) is 10.1 Å². The van der Waals surface area contributed by atoms with E-state index in [1.807, 2.05) is 31.2 Å². The fourth-order valence-electron chi connectivity index (χ4n) is 3.55. The largest absolute Gasteiger partial charge is 0.494 e. The third kappa shape index (κ3) is 4.12. The molecule has 0 spiro atoms. The first kappa shape index (κ1) is 20.9. The summed E-state index contributed by atoms with van der Waals surface area (Å²) in [7, 11) is 0. The average Bonchev–Trinajstić information content (AvgIpc) is 2.64. The van der Waals surface area contributed by atoms with Crippen LogP contribution in [0.2, 0.25) is 0 Å². The number of nitrogens with one attached hydrogen (secondary N) is 1. The van der Waals surface area contributed by atoms with Crippen LogP contribution in [0.1, 0.15) is 51.5 Å². The predicted molar refractivity (Wildman–Crippen MR) is 112 cm³/mol. The highest BCUT2D eigenvalue weighted by Gasteiger charge is 2.49. The van der Waals surface area contributed by atoms with Crippen molar-refractivity contribution >= 4 is 23.0 Å². The molecule has 2 atom stereocenters. The van der Waals surface area contributed by atoms with Crippen molar-refractivity contribution in [2.24, 2.45) is 5.41 Å². The van der Waals surface area contributed by atoms with Gasteiger partial charge in [-0.15, -0.1) is 6.58 Å². The zero-order valence-corrected chi connectivity index (χ0v) is 17.0. The molecule has 27 heavy (non-hydrogen) atoms. The number of ketones is 1. The maximum Gasteiger partial charge on any atom is 0.158 e. The summed E-state index contributed by atoms with van der Waals surface area (Å²) < 4.78 is 5.73. The van der Waals surface area contributed by atoms with E-state index < -0.39 is 11.3 Å². The van der Waals surface area contributed by atoms with Crippen LogP contribution in [0.25, 0.3) is 0 Å². The molecule has 0 saturated heterocycles. The molecule has 1 aromatic rings. The first-order valence-corrected chi connectivity index (χ1v) is 9.60. The third-order valence-electron chi connectivity index (χ3n) is 4.92. The highest BCUT2D eigenvalue weighted by atomic mass is 32.1. The van der Waals surface area contributed by atoms with E-state index in [0.717, 1.165) is 24.2 Å². The number of carbonyl (C=O) groups is 1. The van der Waals surface area contributed by atoms with E-state index >= 15 is 0 Å². The maximum absolute atomic E-state index is 12.4. The van der Waals surface area contributed by atoms with Gasteiger partial charge in [-0.2, -0.15) is 5.26 Å². The van der Waals surface area contributed by atoms with Gasteiger partial charge < -0.3 is 10.1 Å². The highest BCUT2D eigenvalue weighted by molar-refractivity contribution is 7.80. The molecule has 1 aliphatic heterocycles. The van der Waals surface area contributed by atoms with Gasteiger partial charge in [0.25, 0.3) is 0 Å². The molecule has 0 bridgehead atoms. The molecule has 1 N–H and O–H groups in total. The van der Waals surface area contributed by atoms with Crippen molar-refractivity contribution in [1.29, 1.82) is 5.26 Å². The summed E-state index contributed by atoms with van der Waals surface area (Å²) in [4.78, 5) is 12.9. The van der Waals surface area contributed by atoms with Crippen LogP contribution in [-0.4, -0.2) is 17.4 Å². The van der Waals surface area contributed by atoms with E-state index in [2.05, 4.69) is 24.9 Å². The molecule has 5 heteroatoms. The standard InChI is InChI=1S/C22H26N2O2S/c1-5-7-13-26-18-10-8-17(9-11-18)20-19(16(4)25)15(3)24-21(27)22(20,14-23)12-6-2/h6,8-11,20H,2,5,7,12-13H2,1,3-4H3,(H,24,27). The van der Waals surface area contributed by atoms with Gasteiger partial charge in [-0.1, -0.05) is 43.8 Å². The van der Waals surface area contributed by atoms with Gasteiger partial charge in [0.15, 0.2) is 5.78 Å². The second-order valence-electron chi connectivity index (χ2n) is 6.83. The lowest BCUT2D eigenvalue weighted by Gasteiger charge is -2.41. The summed E-state index contributed by atoms with van der Waals surface area (Å²) in [5.74, 6) is 0.260. The van der Waals surface area contributed by atoms with E-state index in [-0.39, 0.29) is 5.78 Å². The lowest BCUT2D eigenvalue weighted by Crippen LogP contribution is -2.48. The number of benzene rings is 1. The monoisotopic (exact) mass is 382 g/mol. The molecular weight excluding hydrogens is 356 g/mol. The Morgan fingerprint density at radius 1 is 1.44 bits per heavy atom. The second-order valence-corrected chi connectivity index (χ2v) is 7.24. The Hall–Kier alpha value is -2.45. The Bertz CT molecular complexity index is 805. The number of allylic oxidation sites excluding steroid dienone is 3. The average molecular weight is 383 g/mol. The van der Waals surface area contributed by atoms with Crippen LogP contribution >= 0.6 is 12.2 Å². The molecule has 0 fully saturated rings. The zero-order valence-electron chi connectivity index (χ0n) is 16.2. The van der Waals surface area contributed by atoms with E-state index in [1.54, 1.807) is 6.08 Å². The Kier molecular flexibility index (Phi) is 6.92. The number of nitriles is 1. The van der Waals surface area contributed by atoms with Crippen LogP contribution in [0.15, 0.2) is 48.2 Å². The number of hydrogen-bond acceptors (Lipinski definition) is 4. The zero-order chi connectivity index (χ0) is 20.0. The number of rotatable bonds is 8. The molecule has 0 saturated carbocycles. The Morgan fingerprint density at radius 2 is 2.11 bits per heavy atom. The number of Topliss-reactive ketones (excluding diaryl/α,β-unsaturated/α-hetero) is 1. The third-order valence-corrected chi connectivity index (χ3v) is 5.38. The predicted octanol–water partition coefficient (Wildman–Crippen LogP) is 4.83. The van der Waals surface area contributed by atoms with Crippen LogP contribution < -0.4 is 10.1 Å². The fraction of sp³-hybridized carbons (Fsp3) is 0.409. The minimum atomic E-state index is -1.04. The summed E-state index contributed by atoms with van der Waals surface area (Å²) in [6, 6.07) is 10.0. The van der Waals surface area contributed by atoms with Crippen molar-refractivity contribution < 1.29 is 9.53 Å². The van der Waals surface area contributed by atoms with Crippen molar-refractivity contribution in [2.45, 2.75) is 46.0 Å². The molecule has 0 aliphatic carbocycles. The van der Waals surface area contributed by atoms with Gasteiger partial charge in [-0.05, 0) is 44.4 Å². The van der Waals surface area contributed by atoms with Crippen molar-refractivity contribution in [3.8, 4) is 11.8 Å². The topological polar surface area (TPSA) is 62.1 Å². The van der Waals surface area contributed by atoms with Gasteiger partial charge >= 0.3 is 0 Å². The highest BCUT2D eigenvalue weighted by Crippen LogP contribution is 2.48. The Labute approximate surface area is 166 Å². The van der Waals surface area contributed by atoms with Crippen LogP contribution in [-0.2, 0) is 4.79 Å². The molecule has 142 valence electrons. The van der Waals surface area contributed by atoms with Gasteiger partial charge in [-0.3, -0.25) is 4.79 Å². The molecule has 4 nitrogen and oxygen atoms in total. The fourth-order valence-corrected chi connectivity index (χ4v) is 3.95. The SMILES string of the molecule is C=CCC1(C#N)C(=S)NC(C)=C(C(C)=O)C1c1ccc(OCCCC)cc1. The molecule has 1 heterocycles. The summed E-state index contributed by atoms with van der Waals surface area (Å²) >= 11 is 5.54. The first-order chi connectivity index (χ1) is 12.9. The molecular formula is C22H26N2O2S. The van der Waals surface area contributed by atoms with Crippen LogP contribution in [0.5, 0.6) is 5.75 Å².